The molecular weight excluding hydrogens is 294 g/mol. The predicted octanol–water partition coefficient (Wildman–Crippen LogP) is 3.51. The molecule has 23 heavy (non-hydrogen) atoms. The van der Waals surface area contributed by atoms with Gasteiger partial charge in [-0.15, -0.1) is 0 Å². The van der Waals surface area contributed by atoms with E-state index in [1.165, 1.54) is 7.11 Å². The molecule has 0 spiro atoms. The Morgan fingerprint density at radius 2 is 1.70 bits per heavy atom. The maximum atomic E-state index is 12.3. The normalized spacial score (nSPS) is 10.3. The van der Waals surface area contributed by atoms with Crippen molar-refractivity contribution in [3.8, 4) is 5.75 Å². The molecule has 0 heterocycles. The topological polar surface area (TPSA) is 64.6 Å². The summed E-state index contributed by atoms with van der Waals surface area (Å²) in [4.78, 5) is 23.6. The van der Waals surface area contributed by atoms with Crippen molar-refractivity contribution in [2.75, 3.05) is 12.4 Å². The number of carbonyl (C=O) groups excluding carboxylic acids is 2. The van der Waals surface area contributed by atoms with Crippen molar-refractivity contribution >= 4 is 17.6 Å². The Labute approximate surface area is 135 Å². The van der Waals surface area contributed by atoms with Crippen molar-refractivity contribution in [2.45, 2.75) is 20.0 Å². The third kappa shape index (κ3) is 4.57. The van der Waals surface area contributed by atoms with Crippen LogP contribution in [-0.4, -0.2) is 25.1 Å². The molecule has 0 saturated carbocycles. The molecule has 2 aromatic carbocycles. The van der Waals surface area contributed by atoms with Gasteiger partial charge in [-0.1, -0.05) is 6.07 Å². The predicted molar refractivity (Wildman–Crippen MR) is 87.9 cm³/mol. The number of hydrogen-bond acceptors (Lipinski definition) is 4. The summed E-state index contributed by atoms with van der Waals surface area (Å²) in [6.07, 6.45) is 0.0409. The number of ether oxygens (including phenoxy) is 2. The molecule has 0 aliphatic carbocycles. The Morgan fingerprint density at radius 1 is 1.00 bits per heavy atom. The fourth-order valence-electron chi connectivity index (χ4n) is 1.99. The van der Waals surface area contributed by atoms with Crippen LogP contribution in [0.4, 0.5) is 5.69 Å². The highest BCUT2D eigenvalue weighted by molar-refractivity contribution is 6.04. The molecule has 0 unspecified atom stereocenters. The van der Waals surface area contributed by atoms with E-state index in [2.05, 4.69) is 10.1 Å². The molecule has 0 bridgehead atoms. The van der Waals surface area contributed by atoms with Crippen LogP contribution in [0.3, 0.4) is 0 Å². The fourth-order valence-corrected chi connectivity index (χ4v) is 1.99. The molecule has 0 aliphatic heterocycles. The second-order valence-electron chi connectivity index (χ2n) is 5.22. The maximum absolute atomic E-state index is 12.3. The van der Waals surface area contributed by atoms with Gasteiger partial charge in [-0.05, 0) is 56.3 Å². The SMILES string of the molecule is COC(=O)c1ccc(NC(=O)c2cccc(OC(C)C)c2)cc1. The van der Waals surface area contributed by atoms with Crippen LogP contribution in [-0.2, 0) is 4.74 Å². The van der Waals surface area contributed by atoms with Gasteiger partial charge in [-0.2, -0.15) is 0 Å². The van der Waals surface area contributed by atoms with E-state index in [1.807, 2.05) is 19.9 Å². The standard InChI is InChI=1S/C18H19NO4/c1-12(2)23-16-6-4-5-14(11-16)17(20)19-15-9-7-13(8-10-15)18(21)22-3/h4-12H,1-3H3,(H,19,20). The van der Waals surface area contributed by atoms with Gasteiger partial charge in [0.05, 0.1) is 18.8 Å². The lowest BCUT2D eigenvalue weighted by atomic mass is 10.1. The Hall–Kier alpha value is -2.82. The smallest absolute Gasteiger partial charge is 0.337 e. The molecule has 1 amide bonds. The quantitative estimate of drug-likeness (QED) is 0.858. The maximum Gasteiger partial charge on any atom is 0.337 e. The Kier molecular flexibility index (Phi) is 5.36. The number of anilines is 1. The largest absolute Gasteiger partial charge is 0.491 e. The van der Waals surface area contributed by atoms with Crippen LogP contribution in [0.5, 0.6) is 5.75 Å². The third-order valence-electron chi connectivity index (χ3n) is 3.03. The number of carbonyl (C=O) groups is 2. The molecule has 0 atom stereocenters. The van der Waals surface area contributed by atoms with Crippen molar-refractivity contribution in [2.24, 2.45) is 0 Å². The van der Waals surface area contributed by atoms with E-state index in [-0.39, 0.29) is 12.0 Å². The third-order valence-corrected chi connectivity index (χ3v) is 3.03. The minimum atomic E-state index is -0.415. The minimum Gasteiger partial charge on any atom is -0.491 e. The fraction of sp³-hybridized carbons (Fsp3) is 0.222. The molecule has 5 nitrogen and oxygen atoms in total. The first-order valence-corrected chi connectivity index (χ1v) is 7.26. The monoisotopic (exact) mass is 313 g/mol. The summed E-state index contributed by atoms with van der Waals surface area (Å²) in [5.41, 5.74) is 1.52. The summed E-state index contributed by atoms with van der Waals surface area (Å²) >= 11 is 0. The number of amides is 1. The lowest BCUT2D eigenvalue weighted by Gasteiger charge is -2.11. The van der Waals surface area contributed by atoms with E-state index in [1.54, 1.807) is 42.5 Å². The molecule has 0 saturated heterocycles. The summed E-state index contributed by atoms with van der Waals surface area (Å²) in [5, 5.41) is 2.78. The van der Waals surface area contributed by atoms with E-state index in [9.17, 15) is 9.59 Å². The number of hydrogen-bond donors (Lipinski definition) is 1. The van der Waals surface area contributed by atoms with Gasteiger partial charge >= 0.3 is 5.97 Å². The molecule has 2 aromatic rings. The van der Waals surface area contributed by atoms with Crippen LogP contribution in [0, 0.1) is 0 Å². The van der Waals surface area contributed by atoms with E-state index in [0.717, 1.165) is 0 Å². The van der Waals surface area contributed by atoms with Gasteiger partial charge in [0.2, 0.25) is 0 Å². The lowest BCUT2D eigenvalue weighted by Crippen LogP contribution is -2.13. The van der Waals surface area contributed by atoms with Crippen LogP contribution in [0.1, 0.15) is 34.6 Å². The first-order chi connectivity index (χ1) is 11.0. The van der Waals surface area contributed by atoms with Crippen molar-refractivity contribution in [3.05, 3.63) is 59.7 Å². The Morgan fingerprint density at radius 3 is 2.30 bits per heavy atom. The van der Waals surface area contributed by atoms with Gasteiger partial charge in [0, 0.05) is 11.3 Å². The summed E-state index contributed by atoms with van der Waals surface area (Å²) in [6.45, 7) is 3.85. The summed E-state index contributed by atoms with van der Waals surface area (Å²) in [5.74, 6) is -0.0138. The van der Waals surface area contributed by atoms with Crippen LogP contribution in [0.25, 0.3) is 0 Å². The second kappa shape index (κ2) is 7.45. The lowest BCUT2D eigenvalue weighted by molar-refractivity contribution is 0.0600. The summed E-state index contributed by atoms with van der Waals surface area (Å²) in [6, 6.07) is 13.5. The van der Waals surface area contributed by atoms with Crippen LogP contribution >= 0.6 is 0 Å². The molecule has 1 N–H and O–H groups in total. The first kappa shape index (κ1) is 16.5. The van der Waals surface area contributed by atoms with E-state index in [4.69, 9.17) is 4.74 Å². The zero-order chi connectivity index (χ0) is 16.8. The number of benzene rings is 2. The van der Waals surface area contributed by atoms with Gasteiger partial charge in [0.15, 0.2) is 0 Å². The van der Waals surface area contributed by atoms with Gasteiger partial charge < -0.3 is 14.8 Å². The van der Waals surface area contributed by atoms with Crippen molar-refractivity contribution in [1.29, 1.82) is 0 Å². The minimum absolute atomic E-state index is 0.0409. The number of esters is 1. The van der Waals surface area contributed by atoms with Crippen LogP contribution in [0.15, 0.2) is 48.5 Å². The molecule has 2 rings (SSSR count). The molecule has 0 fully saturated rings. The van der Waals surface area contributed by atoms with Gasteiger partial charge in [0.25, 0.3) is 5.91 Å². The molecule has 5 heteroatoms. The second-order valence-corrected chi connectivity index (χ2v) is 5.22. The highest BCUT2D eigenvalue weighted by Crippen LogP contribution is 2.17. The number of methoxy groups -OCH3 is 1. The van der Waals surface area contributed by atoms with Gasteiger partial charge in [-0.3, -0.25) is 4.79 Å². The molecule has 120 valence electrons. The van der Waals surface area contributed by atoms with E-state index >= 15 is 0 Å². The highest BCUT2D eigenvalue weighted by Gasteiger charge is 2.09. The van der Waals surface area contributed by atoms with Crippen LogP contribution < -0.4 is 10.1 Å². The van der Waals surface area contributed by atoms with Crippen molar-refractivity contribution in [3.63, 3.8) is 0 Å². The highest BCUT2D eigenvalue weighted by atomic mass is 16.5. The summed E-state index contributed by atoms with van der Waals surface area (Å²) in [7, 11) is 1.32. The van der Waals surface area contributed by atoms with Gasteiger partial charge in [0.1, 0.15) is 5.75 Å². The Balaban J connectivity index is 2.08. The Bertz CT molecular complexity index is 692. The van der Waals surface area contributed by atoms with Crippen molar-refractivity contribution in [1.82, 2.24) is 0 Å². The number of rotatable bonds is 5. The number of nitrogens with one attached hydrogen (secondary N) is 1. The molecule has 0 aromatic heterocycles. The van der Waals surface area contributed by atoms with Crippen molar-refractivity contribution < 1.29 is 19.1 Å². The first-order valence-electron chi connectivity index (χ1n) is 7.26. The zero-order valence-corrected chi connectivity index (χ0v) is 13.3. The summed E-state index contributed by atoms with van der Waals surface area (Å²) < 4.78 is 10.2. The zero-order valence-electron chi connectivity index (χ0n) is 13.3. The molecular formula is C18H19NO4. The average Bonchev–Trinajstić information content (AvgIpc) is 2.54. The molecule has 0 radical (unpaired) electrons. The van der Waals surface area contributed by atoms with Gasteiger partial charge in [-0.25, -0.2) is 4.79 Å². The molecule has 0 aliphatic rings. The van der Waals surface area contributed by atoms with E-state index < -0.39 is 5.97 Å². The average molecular weight is 313 g/mol. The van der Waals surface area contributed by atoms with Crippen LogP contribution in [0.2, 0.25) is 0 Å². The van der Waals surface area contributed by atoms with E-state index in [0.29, 0.717) is 22.6 Å².